The molecule has 0 rings (SSSR count). The van der Waals surface area contributed by atoms with Crippen molar-refractivity contribution in [3.05, 3.63) is 0 Å². The van der Waals surface area contributed by atoms with Gasteiger partial charge >= 0.3 is 6.18 Å². The third-order valence-electron chi connectivity index (χ3n) is 2.48. The lowest BCUT2D eigenvalue weighted by atomic mass is 10.1. The maximum atomic E-state index is 11.8. The third kappa shape index (κ3) is 13.6. The number of hydrogen-bond acceptors (Lipinski definition) is 2. The van der Waals surface area contributed by atoms with E-state index >= 15 is 0 Å². The summed E-state index contributed by atoms with van der Waals surface area (Å²) in [5.74, 6) is 0. The van der Waals surface area contributed by atoms with Crippen LogP contribution in [0.5, 0.6) is 0 Å². The molecule has 0 aromatic rings. The molecular formula is C12H24F3NO. The molecule has 0 bridgehead atoms. The number of hydrogen-bond donors (Lipinski definition) is 1. The van der Waals surface area contributed by atoms with Crippen LogP contribution in [0, 0.1) is 0 Å². The number of nitrogens with one attached hydrogen (secondary N) is 1. The molecule has 2 nitrogen and oxygen atoms in total. The van der Waals surface area contributed by atoms with Gasteiger partial charge in [0.25, 0.3) is 0 Å². The molecule has 0 saturated heterocycles. The molecule has 0 amide bonds. The Morgan fingerprint density at radius 1 is 1.12 bits per heavy atom. The summed E-state index contributed by atoms with van der Waals surface area (Å²) < 4.78 is 40.5. The lowest BCUT2D eigenvalue weighted by molar-refractivity contribution is -0.137. The molecule has 104 valence electrons. The summed E-state index contributed by atoms with van der Waals surface area (Å²) in [5, 5.41) is 3.31. The summed E-state index contributed by atoms with van der Waals surface area (Å²) in [6.07, 6.45) is -1.68. The SMILES string of the molecule is CCNC(C)CCCCOCCCC(F)(F)F. The predicted molar refractivity (Wildman–Crippen MR) is 63.1 cm³/mol. The van der Waals surface area contributed by atoms with E-state index in [0.29, 0.717) is 12.6 Å². The number of unbranched alkanes of at least 4 members (excludes halogenated alkanes) is 1. The minimum atomic E-state index is -4.05. The van der Waals surface area contributed by atoms with Gasteiger partial charge in [-0.2, -0.15) is 13.2 Å². The molecule has 0 aromatic heterocycles. The van der Waals surface area contributed by atoms with Gasteiger partial charge in [-0.05, 0) is 39.2 Å². The Balaban J connectivity index is 3.14. The van der Waals surface area contributed by atoms with Crippen LogP contribution in [0.15, 0.2) is 0 Å². The van der Waals surface area contributed by atoms with Gasteiger partial charge in [-0.15, -0.1) is 0 Å². The van der Waals surface area contributed by atoms with E-state index < -0.39 is 12.6 Å². The van der Waals surface area contributed by atoms with Crippen LogP contribution in [-0.4, -0.2) is 32.0 Å². The van der Waals surface area contributed by atoms with Gasteiger partial charge in [-0.3, -0.25) is 0 Å². The zero-order valence-corrected chi connectivity index (χ0v) is 10.8. The van der Waals surface area contributed by atoms with Gasteiger partial charge < -0.3 is 10.1 Å². The Kier molecular flexibility index (Phi) is 9.55. The highest BCUT2D eigenvalue weighted by Gasteiger charge is 2.25. The van der Waals surface area contributed by atoms with Crippen molar-refractivity contribution in [2.75, 3.05) is 19.8 Å². The van der Waals surface area contributed by atoms with Crippen LogP contribution in [0.4, 0.5) is 13.2 Å². The van der Waals surface area contributed by atoms with Gasteiger partial charge in [0, 0.05) is 25.7 Å². The third-order valence-corrected chi connectivity index (χ3v) is 2.48. The molecule has 0 spiro atoms. The average Bonchev–Trinajstić information content (AvgIpc) is 2.21. The summed E-state index contributed by atoms with van der Waals surface area (Å²) in [4.78, 5) is 0. The van der Waals surface area contributed by atoms with E-state index in [1.54, 1.807) is 0 Å². The molecule has 0 radical (unpaired) electrons. The Morgan fingerprint density at radius 2 is 1.76 bits per heavy atom. The van der Waals surface area contributed by atoms with E-state index in [1.165, 1.54) is 0 Å². The van der Waals surface area contributed by atoms with Gasteiger partial charge in [0.2, 0.25) is 0 Å². The van der Waals surface area contributed by atoms with E-state index in [-0.39, 0.29) is 13.0 Å². The number of ether oxygens (including phenoxy) is 1. The van der Waals surface area contributed by atoms with Gasteiger partial charge in [0.15, 0.2) is 0 Å². The molecule has 0 heterocycles. The average molecular weight is 255 g/mol. The highest BCUT2D eigenvalue weighted by Crippen LogP contribution is 2.20. The molecule has 0 aliphatic heterocycles. The maximum Gasteiger partial charge on any atom is 0.389 e. The first kappa shape index (κ1) is 16.7. The molecule has 1 N–H and O–H groups in total. The minimum Gasteiger partial charge on any atom is -0.381 e. The Morgan fingerprint density at radius 3 is 2.35 bits per heavy atom. The van der Waals surface area contributed by atoms with Crippen LogP contribution >= 0.6 is 0 Å². The van der Waals surface area contributed by atoms with E-state index in [4.69, 9.17) is 4.74 Å². The maximum absolute atomic E-state index is 11.8. The first-order chi connectivity index (χ1) is 7.95. The van der Waals surface area contributed by atoms with E-state index in [2.05, 4.69) is 19.2 Å². The smallest absolute Gasteiger partial charge is 0.381 e. The van der Waals surface area contributed by atoms with Crippen molar-refractivity contribution in [3.63, 3.8) is 0 Å². The number of rotatable bonds is 10. The topological polar surface area (TPSA) is 21.3 Å². The number of alkyl halides is 3. The highest BCUT2D eigenvalue weighted by molar-refractivity contribution is 4.58. The molecule has 1 atom stereocenters. The standard InChI is InChI=1S/C12H24F3NO/c1-3-16-11(2)7-4-5-9-17-10-6-8-12(13,14)15/h11,16H,3-10H2,1-2H3. The molecule has 17 heavy (non-hydrogen) atoms. The minimum absolute atomic E-state index is 0.0668. The van der Waals surface area contributed by atoms with Crippen molar-refractivity contribution in [3.8, 4) is 0 Å². The van der Waals surface area contributed by atoms with Gasteiger partial charge in [0.05, 0.1) is 0 Å². The molecule has 0 aliphatic rings. The predicted octanol–water partition coefficient (Wildman–Crippen LogP) is 3.51. The summed E-state index contributed by atoms with van der Waals surface area (Å²) in [6.45, 7) is 5.95. The fourth-order valence-corrected chi connectivity index (χ4v) is 1.58. The highest BCUT2D eigenvalue weighted by atomic mass is 19.4. The van der Waals surface area contributed by atoms with Crippen LogP contribution in [-0.2, 0) is 4.74 Å². The molecule has 5 heteroatoms. The molecule has 0 aromatic carbocycles. The quantitative estimate of drug-likeness (QED) is 0.603. The fraction of sp³-hybridized carbons (Fsp3) is 1.00. The van der Waals surface area contributed by atoms with E-state index in [1.807, 2.05) is 0 Å². The fourth-order valence-electron chi connectivity index (χ4n) is 1.58. The van der Waals surface area contributed by atoms with Crippen molar-refractivity contribution in [2.24, 2.45) is 0 Å². The number of halogens is 3. The zero-order chi connectivity index (χ0) is 13.1. The lowest BCUT2D eigenvalue weighted by Gasteiger charge is -2.11. The van der Waals surface area contributed by atoms with Crippen molar-refractivity contribution >= 4 is 0 Å². The van der Waals surface area contributed by atoms with Crippen LogP contribution < -0.4 is 5.32 Å². The van der Waals surface area contributed by atoms with Gasteiger partial charge in [-0.25, -0.2) is 0 Å². The molecule has 0 aliphatic carbocycles. The Labute approximate surface area is 102 Å². The van der Waals surface area contributed by atoms with Gasteiger partial charge in [-0.1, -0.05) is 6.92 Å². The summed E-state index contributed by atoms with van der Waals surface area (Å²) >= 11 is 0. The first-order valence-corrected chi connectivity index (χ1v) is 6.33. The summed E-state index contributed by atoms with van der Waals surface area (Å²) in [7, 11) is 0. The summed E-state index contributed by atoms with van der Waals surface area (Å²) in [6, 6.07) is 0.505. The van der Waals surface area contributed by atoms with Crippen molar-refractivity contribution in [1.82, 2.24) is 5.32 Å². The molecule has 0 saturated carbocycles. The zero-order valence-electron chi connectivity index (χ0n) is 10.8. The Bertz CT molecular complexity index is 174. The largest absolute Gasteiger partial charge is 0.389 e. The van der Waals surface area contributed by atoms with Crippen LogP contribution in [0.3, 0.4) is 0 Å². The van der Waals surface area contributed by atoms with E-state index in [9.17, 15) is 13.2 Å². The normalized spacial score (nSPS) is 13.9. The van der Waals surface area contributed by atoms with Crippen LogP contribution in [0.25, 0.3) is 0 Å². The second-order valence-corrected chi connectivity index (χ2v) is 4.29. The van der Waals surface area contributed by atoms with Gasteiger partial charge in [0.1, 0.15) is 0 Å². The Hall–Kier alpha value is -0.290. The molecular weight excluding hydrogens is 231 g/mol. The lowest BCUT2D eigenvalue weighted by Crippen LogP contribution is -2.25. The van der Waals surface area contributed by atoms with Crippen molar-refractivity contribution < 1.29 is 17.9 Å². The van der Waals surface area contributed by atoms with Crippen LogP contribution in [0.1, 0.15) is 46.0 Å². The second-order valence-electron chi connectivity index (χ2n) is 4.29. The summed E-state index contributed by atoms with van der Waals surface area (Å²) in [5.41, 5.74) is 0. The molecule has 1 unspecified atom stereocenters. The van der Waals surface area contributed by atoms with Crippen molar-refractivity contribution in [1.29, 1.82) is 0 Å². The molecule has 0 fully saturated rings. The second kappa shape index (κ2) is 9.71. The monoisotopic (exact) mass is 255 g/mol. The van der Waals surface area contributed by atoms with E-state index in [0.717, 1.165) is 25.8 Å². The first-order valence-electron chi connectivity index (χ1n) is 6.33. The van der Waals surface area contributed by atoms with Crippen LogP contribution in [0.2, 0.25) is 0 Å². The van der Waals surface area contributed by atoms with Crippen molar-refractivity contribution in [2.45, 2.75) is 58.2 Å².